The molecule has 0 radical (unpaired) electrons. The third kappa shape index (κ3) is 9.05. The highest BCUT2D eigenvalue weighted by Crippen LogP contribution is 2.40. The molecule has 13 nitrogen and oxygen atoms in total. The molecule has 6 rings (SSSR count). The van der Waals surface area contributed by atoms with Crippen LogP contribution in [0.3, 0.4) is 0 Å². The molecule has 4 aliphatic rings. The number of halogens is 3. The number of alkyl halides is 3. The SMILES string of the molecule is CS(=O)(=O)N1CCc2c(c(-c3ccc(C(F)(F)F)c(SCC(=O)N4CCC(NC(=O)O)CC4)c3)nn2CCCN2CCC(N3CCCC3=O)CC2)C1. The van der Waals surface area contributed by atoms with Gasteiger partial charge < -0.3 is 25.1 Å². The van der Waals surface area contributed by atoms with E-state index in [4.69, 9.17) is 10.2 Å². The zero-order valence-corrected chi connectivity index (χ0v) is 30.9. The minimum Gasteiger partial charge on any atom is -0.465 e. The van der Waals surface area contributed by atoms with E-state index in [0.717, 1.165) is 81.6 Å². The third-order valence-corrected chi connectivity index (χ3v) is 12.9. The number of amides is 3. The van der Waals surface area contributed by atoms with Gasteiger partial charge in [0.2, 0.25) is 21.8 Å². The summed E-state index contributed by atoms with van der Waals surface area (Å²) in [7, 11) is -3.54. The van der Waals surface area contributed by atoms with E-state index in [1.807, 2.05) is 9.58 Å². The molecule has 3 saturated heterocycles. The molecule has 0 aliphatic carbocycles. The third-order valence-electron chi connectivity index (χ3n) is 10.6. The average Bonchev–Trinajstić information content (AvgIpc) is 3.69. The summed E-state index contributed by atoms with van der Waals surface area (Å²) in [5.41, 5.74) is 1.49. The summed E-state index contributed by atoms with van der Waals surface area (Å²) in [6.45, 7) is 4.96. The van der Waals surface area contributed by atoms with Gasteiger partial charge >= 0.3 is 12.3 Å². The largest absolute Gasteiger partial charge is 0.465 e. The van der Waals surface area contributed by atoms with Crippen molar-refractivity contribution in [1.29, 1.82) is 0 Å². The number of carboxylic acid groups (broad SMARTS) is 1. The first kappa shape index (κ1) is 38.4. The Morgan fingerprint density at radius 2 is 1.75 bits per heavy atom. The van der Waals surface area contributed by atoms with E-state index in [1.54, 1.807) is 4.90 Å². The maximum atomic E-state index is 14.2. The van der Waals surface area contributed by atoms with Gasteiger partial charge in [-0.1, -0.05) is 6.07 Å². The number of aromatic nitrogens is 2. The molecule has 3 fully saturated rings. The first-order chi connectivity index (χ1) is 24.7. The summed E-state index contributed by atoms with van der Waals surface area (Å²) in [6.07, 6.45) is 0.812. The predicted molar refractivity (Wildman–Crippen MR) is 188 cm³/mol. The molecule has 0 saturated carbocycles. The summed E-state index contributed by atoms with van der Waals surface area (Å²) in [5.74, 6) is -0.316. The van der Waals surface area contributed by atoms with Crippen LogP contribution in [-0.4, -0.2) is 130 Å². The Morgan fingerprint density at radius 1 is 1.02 bits per heavy atom. The summed E-state index contributed by atoms with van der Waals surface area (Å²) < 4.78 is 70.9. The van der Waals surface area contributed by atoms with Crippen LogP contribution in [0.1, 0.15) is 61.8 Å². The minimum atomic E-state index is -4.67. The number of hydrogen-bond donors (Lipinski definition) is 2. The van der Waals surface area contributed by atoms with Crippen molar-refractivity contribution < 1.29 is 41.1 Å². The van der Waals surface area contributed by atoms with Gasteiger partial charge in [0.05, 0.1) is 23.3 Å². The van der Waals surface area contributed by atoms with Crippen molar-refractivity contribution in [3.63, 3.8) is 0 Å². The lowest BCUT2D eigenvalue weighted by Crippen LogP contribution is -2.46. The quantitative estimate of drug-likeness (QED) is 0.327. The van der Waals surface area contributed by atoms with Crippen LogP contribution in [0, 0.1) is 0 Å². The topological polar surface area (TPSA) is 148 Å². The normalized spacial score (nSPS) is 20.0. The van der Waals surface area contributed by atoms with Gasteiger partial charge in [-0.2, -0.15) is 22.6 Å². The highest BCUT2D eigenvalue weighted by molar-refractivity contribution is 8.00. The average molecular weight is 770 g/mol. The molecule has 2 aromatic rings. The molecule has 1 aromatic carbocycles. The molecule has 4 aliphatic heterocycles. The Labute approximate surface area is 305 Å². The zero-order valence-electron chi connectivity index (χ0n) is 29.2. The lowest BCUT2D eigenvalue weighted by atomic mass is 10.0. The fourth-order valence-electron chi connectivity index (χ4n) is 7.82. The van der Waals surface area contributed by atoms with Gasteiger partial charge in [-0.3, -0.25) is 14.3 Å². The number of carbonyl (C=O) groups excluding carboxylic acids is 2. The number of aryl methyl sites for hydroxylation is 1. The van der Waals surface area contributed by atoms with Crippen LogP contribution >= 0.6 is 11.8 Å². The maximum Gasteiger partial charge on any atom is 0.417 e. The number of carbonyl (C=O) groups is 3. The van der Waals surface area contributed by atoms with Crippen molar-refractivity contribution in [3.8, 4) is 11.3 Å². The Balaban J connectivity index is 1.17. The van der Waals surface area contributed by atoms with Crippen molar-refractivity contribution in [1.82, 2.24) is 34.1 Å². The molecule has 0 spiro atoms. The summed E-state index contributed by atoms with van der Waals surface area (Å²) >= 11 is 0.794. The number of hydrogen-bond acceptors (Lipinski definition) is 8. The van der Waals surface area contributed by atoms with Crippen LogP contribution in [0.2, 0.25) is 0 Å². The van der Waals surface area contributed by atoms with Crippen molar-refractivity contribution in [2.24, 2.45) is 0 Å². The van der Waals surface area contributed by atoms with Crippen molar-refractivity contribution in [3.05, 3.63) is 35.0 Å². The molecular formula is C34H46F3N7O6S2. The minimum absolute atomic E-state index is 0.0565. The first-order valence-corrected chi connectivity index (χ1v) is 20.7. The van der Waals surface area contributed by atoms with Gasteiger partial charge in [0.25, 0.3) is 0 Å². The smallest absolute Gasteiger partial charge is 0.417 e. The van der Waals surface area contributed by atoms with Gasteiger partial charge in [-0.15, -0.1) is 11.8 Å². The van der Waals surface area contributed by atoms with E-state index in [2.05, 4.69) is 10.2 Å². The lowest BCUT2D eigenvalue weighted by Gasteiger charge is -2.36. The Hall–Kier alpha value is -3.35. The van der Waals surface area contributed by atoms with Crippen LogP contribution in [0.25, 0.3) is 11.3 Å². The number of rotatable bonds is 11. The molecule has 286 valence electrons. The summed E-state index contributed by atoms with van der Waals surface area (Å²) in [4.78, 5) is 42.0. The number of benzene rings is 1. The molecule has 0 bridgehead atoms. The predicted octanol–water partition coefficient (Wildman–Crippen LogP) is 3.71. The molecule has 0 unspecified atom stereocenters. The van der Waals surface area contributed by atoms with Gasteiger partial charge in [-0.25, -0.2) is 13.2 Å². The first-order valence-electron chi connectivity index (χ1n) is 17.8. The van der Waals surface area contributed by atoms with Crippen LogP contribution in [-0.2, 0) is 45.3 Å². The fraction of sp³-hybridized carbons (Fsp3) is 0.647. The molecule has 18 heteroatoms. The second-order valence-corrected chi connectivity index (χ2v) is 17.1. The van der Waals surface area contributed by atoms with Gasteiger partial charge in [0.1, 0.15) is 0 Å². The molecule has 3 amide bonds. The molecule has 5 heterocycles. The number of likely N-dealkylation sites (tertiary alicyclic amines) is 3. The standard InChI is InChI=1S/C34H46F3N7O6S2/c1-52(49,50)42-19-11-28-26(21-42)32(39-44(28)14-3-12-40-15-9-25(10-16-40)43-13-2-4-30(43)45)23-5-6-27(34(35,36)37)29(20-23)51-22-31(46)41-17-7-24(8-18-41)38-33(47)48/h5-6,20,24-25,38H,2-4,7-19,21-22H2,1H3,(H,47,48). The second kappa shape index (κ2) is 15.9. The number of piperidine rings is 2. The number of fused-ring (bicyclic) bond motifs is 1. The van der Waals surface area contributed by atoms with Crippen molar-refractivity contribution in [2.75, 3.05) is 57.8 Å². The molecule has 2 N–H and O–H groups in total. The highest BCUT2D eigenvalue weighted by Gasteiger charge is 2.36. The number of sulfonamides is 1. The Kier molecular flexibility index (Phi) is 11.8. The van der Waals surface area contributed by atoms with Crippen molar-refractivity contribution >= 4 is 39.7 Å². The van der Waals surface area contributed by atoms with Crippen LogP contribution < -0.4 is 5.32 Å². The fourth-order valence-corrected chi connectivity index (χ4v) is 9.62. The van der Waals surface area contributed by atoms with Gasteiger partial charge in [0, 0.05) is 99.0 Å². The van der Waals surface area contributed by atoms with Crippen molar-refractivity contribution in [2.45, 2.75) is 87.6 Å². The maximum absolute atomic E-state index is 14.2. The van der Waals surface area contributed by atoms with E-state index in [1.165, 1.54) is 16.4 Å². The molecule has 1 aromatic heterocycles. The monoisotopic (exact) mass is 769 g/mol. The van der Waals surface area contributed by atoms with E-state index < -0.39 is 27.9 Å². The van der Waals surface area contributed by atoms with E-state index >= 15 is 0 Å². The van der Waals surface area contributed by atoms with E-state index in [-0.39, 0.29) is 41.6 Å². The summed E-state index contributed by atoms with van der Waals surface area (Å²) in [5, 5.41) is 16.3. The zero-order chi connectivity index (χ0) is 37.2. The molecular weight excluding hydrogens is 724 g/mol. The number of nitrogens with one attached hydrogen (secondary N) is 1. The van der Waals surface area contributed by atoms with Crippen LogP contribution in [0.4, 0.5) is 18.0 Å². The lowest BCUT2D eigenvalue weighted by molar-refractivity contribution is -0.139. The number of thioether (sulfide) groups is 1. The van der Waals surface area contributed by atoms with Gasteiger partial charge in [0.15, 0.2) is 0 Å². The second-order valence-electron chi connectivity index (χ2n) is 14.1. The molecule has 0 atom stereocenters. The van der Waals surface area contributed by atoms with E-state index in [9.17, 15) is 36.0 Å². The van der Waals surface area contributed by atoms with E-state index in [0.29, 0.717) is 68.2 Å². The Bertz CT molecular complexity index is 1760. The summed E-state index contributed by atoms with van der Waals surface area (Å²) in [6, 6.07) is 3.77. The molecule has 52 heavy (non-hydrogen) atoms. The van der Waals surface area contributed by atoms with Crippen LogP contribution in [0.5, 0.6) is 0 Å². The highest BCUT2D eigenvalue weighted by atomic mass is 32.2. The Morgan fingerprint density at radius 3 is 2.38 bits per heavy atom. The van der Waals surface area contributed by atoms with Crippen LogP contribution in [0.15, 0.2) is 23.1 Å². The van der Waals surface area contributed by atoms with Gasteiger partial charge in [-0.05, 0) is 57.2 Å². The number of nitrogens with zero attached hydrogens (tertiary/aromatic N) is 6.